The molecule has 0 atom stereocenters. The van der Waals surface area contributed by atoms with E-state index >= 15 is 0 Å². The third-order valence-corrected chi connectivity index (χ3v) is 5.78. The molecule has 26 heavy (non-hydrogen) atoms. The van der Waals surface area contributed by atoms with Crippen LogP contribution in [-0.4, -0.2) is 62.1 Å². The first-order chi connectivity index (χ1) is 12.7. The van der Waals surface area contributed by atoms with Crippen molar-refractivity contribution < 1.29 is 4.79 Å². The fourth-order valence-electron chi connectivity index (χ4n) is 4.26. The average Bonchev–Trinajstić information content (AvgIpc) is 3.03. The zero-order valence-corrected chi connectivity index (χ0v) is 15.2. The van der Waals surface area contributed by atoms with Gasteiger partial charge in [0.2, 0.25) is 5.91 Å². The molecule has 2 aromatic heterocycles. The van der Waals surface area contributed by atoms with Gasteiger partial charge in [0.25, 0.3) is 0 Å². The molecule has 1 aliphatic heterocycles. The molecule has 0 bridgehead atoms. The summed E-state index contributed by atoms with van der Waals surface area (Å²) in [5.74, 6) is 0.122. The van der Waals surface area contributed by atoms with Crippen LogP contribution < -0.4 is 5.69 Å². The van der Waals surface area contributed by atoms with Crippen molar-refractivity contribution in [1.29, 1.82) is 0 Å². The summed E-state index contributed by atoms with van der Waals surface area (Å²) in [6.45, 7) is 3.89. The van der Waals surface area contributed by atoms with Crippen molar-refractivity contribution in [2.45, 2.75) is 51.1 Å². The van der Waals surface area contributed by atoms with Gasteiger partial charge in [0.1, 0.15) is 0 Å². The smallest absolute Gasteiger partial charge is 0.340 e. The molecule has 1 amide bonds. The van der Waals surface area contributed by atoms with Crippen LogP contribution in [0.5, 0.6) is 0 Å². The number of amides is 1. The molecule has 7 heteroatoms. The molecule has 0 spiro atoms. The molecule has 2 aromatic rings. The Kier molecular flexibility index (Phi) is 5.06. The van der Waals surface area contributed by atoms with Crippen LogP contribution in [0.1, 0.15) is 38.5 Å². The Morgan fingerprint density at radius 2 is 1.85 bits per heavy atom. The summed E-state index contributed by atoms with van der Waals surface area (Å²) >= 11 is 0. The van der Waals surface area contributed by atoms with Gasteiger partial charge in [-0.25, -0.2) is 9.48 Å². The maximum Gasteiger partial charge on any atom is 0.350 e. The molecule has 3 heterocycles. The maximum atomic E-state index is 12.5. The van der Waals surface area contributed by atoms with E-state index in [-0.39, 0.29) is 11.6 Å². The Morgan fingerprint density at radius 3 is 2.58 bits per heavy atom. The van der Waals surface area contributed by atoms with Gasteiger partial charge in [0.05, 0.1) is 6.54 Å². The van der Waals surface area contributed by atoms with Crippen LogP contribution in [0.2, 0.25) is 0 Å². The van der Waals surface area contributed by atoms with Crippen LogP contribution in [0.15, 0.2) is 29.2 Å². The largest absolute Gasteiger partial charge is 0.350 e. The van der Waals surface area contributed by atoms with Crippen molar-refractivity contribution in [3.8, 4) is 0 Å². The molecule has 0 unspecified atom stereocenters. The quantitative estimate of drug-likeness (QED) is 0.829. The lowest BCUT2D eigenvalue weighted by molar-refractivity contribution is -0.133. The van der Waals surface area contributed by atoms with Crippen molar-refractivity contribution in [2.75, 3.05) is 26.2 Å². The van der Waals surface area contributed by atoms with Gasteiger partial charge >= 0.3 is 5.69 Å². The Hall–Kier alpha value is -2.15. The highest BCUT2D eigenvalue weighted by Gasteiger charge is 2.26. The Labute approximate surface area is 153 Å². The molecule has 2 fully saturated rings. The SMILES string of the molecule is O=C(CCn1nc2ccccn2c1=O)N1CCN(C2CCCCC2)CC1. The van der Waals surface area contributed by atoms with E-state index in [1.807, 2.05) is 11.0 Å². The summed E-state index contributed by atoms with van der Waals surface area (Å²) in [7, 11) is 0. The van der Waals surface area contributed by atoms with Crippen molar-refractivity contribution in [3.05, 3.63) is 34.9 Å². The molecule has 1 saturated carbocycles. The van der Waals surface area contributed by atoms with Crippen LogP contribution in [0.4, 0.5) is 0 Å². The standard InChI is InChI=1S/C19H27N5O2/c25-18(9-11-24-19(26)23-10-5-4-8-17(23)20-24)22-14-12-21(13-15-22)16-6-2-1-3-7-16/h4-5,8,10,16H,1-3,6-7,9,11-15H2. The number of fused-ring (bicyclic) bond motifs is 1. The topological polar surface area (TPSA) is 62.9 Å². The number of carbonyl (C=O) groups excluding carboxylic acids is 1. The highest BCUT2D eigenvalue weighted by atomic mass is 16.2. The molecule has 0 N–H and O–H groups in total. The fourth-order valence-corrected chi connectivity index (χ4v) is 4.26. The minimum Gasteiger partial charge on any atom is -0.340 e. The van der Waals surface area contributed by atoms with Crippen molar-refractivity contribution in [2.24, 2.45) is 0 Å². The van der Waals surface area contributed by atoms with Crippen molar-refractivity contribution in [1.82, 2.24) is 24.0 Å². The number of rotatable bonds is 4. The summed E-state index contributed by atoms with van der Waals surface area (Å²) < 4.78 is 2.90. The zero-order chi connectivity index (χ0) is 17.9. The van der Waals surface area contributed by atoms with Gasteiger partial charge in [-0.3, -0.25) is 14.1 Å². The van der Waals surface area contributed by atoms with Crippen LogP contribution in [0.25, 0.3) is 5.65 Å². The summed E-state index contributed by atoms with van der Waals surface area (Å²) in [6.07, 6.45) is 8.71. The van der Waals surface area contributed by atoms with Gasteiger partial charge in [-0.1, -0.05) is 25.3 Å². The van der Waals surface area contributed by atoms with E-state index in [1.165, 1.54) is 41.2 Å². The van der Waals surface area contributed by atoms with E-state index in [1.54, 1.807) is 18.3 Å². The minimum absolute atomic E-state index is 0.122. The van der Waals surface area contributed by atoms with E-state index in [9.17, 15) is 9.59 Å². The highest BCUT2D eigenvalue weighted by molar-refractivity contribution is 5.76. The van der Waals surface area contributed by atoms with Gasteiger partial charge in [0, 0.05) is 44.8 Å². The Balaban J connectivity index is 1.30. The third kappa shape index (κ3) is 3.53. The normalized spacial score (nSPS) is 19.9. The van der Waals surface area contributed by atoms with E-state index < -0.39 is 0 Å². The number of pyridine rings is 1. The summed E-state index contributed by atoms with van der Waals surface area (Å²) in [5, 5.41) is 4.29. The van der Waals surface area contributed by atoms with E-state index in [0.29, 0.717) is 18.6 Å². The van der Waals surface area contributed by atoms with Crippen LogP contribution in [-0.2, 0) is 11.3 Å². The second kappa shape index (κ2) is 7.61. The first kappa shape index (κ1) is 17.3. The predicted octanol–water partition coefficient (Wildman–Crippen LogP) is 1.36. The van der Waals surface area contributed by atoms with Gasteiger partial charge in [-0.2, -0.15) is 0 Å². The number of hydrogen-bond acceptors (Lipinski definition) is 4. The first-order valence-corrected chi connectivity index (χ1v) is 9.78. The second-order valence-electron chi connectivity index (χ2n) is 7.39. The molecule has 1 saturated heterocycles. The second-order valence-corrected chi connectivity index (χ2v) is 7.39. The lowest BCUT2D eigenvalue weighted by Gasteiger charge is -2.40. The number of nitrogens with zero attached hydrogens (tertiary/aromatic N) is 5. The van der Waals surface area contributed by atoms with Gasteiger partial charge in [-0.15, -0.1) is 5.10 Å². The number of carbonyl (C=O) groups is 1. The van der Waals surface area contributed by atoms with Crippen LogP contribution in [0.3, 0.4) is 0 Å². The number of hydrogen-bond donors (Lipinski definition) is 0. The Morgan fingerprint density at radius 1 is 1.08 bits per heavy atom. The number of aryl methyl sites for hydroxylation is 1. The molecule has 1 aliphatic carbocycles. The van der Waals surface area contributed by atoms with Crippen LogP contribution >= 0.6 is 0 Å². The molecule has 4 rings (SSSR count). The van der Waals surface area contributed by atoms with Gasteiger partial charge < -0.3 is 4.90 Å². The monoisotopic (exact) mass is 357 g/mol. The summed E-state index contributed by atoms with van der Waals surface area (Å²) in [6, 6.07) is 6.17. The zero-order valence-electron chi connectivity index (χ0n) is 15.2. The minimum atomic E-state index is -0.185. The molecule has 0 aromatic carbocycles. The molecule has 2 aliphatic rings. The molecule has 7 nitrogen and oxygen atoms in total. The van der Waals surface area contributed by atoms with E-state index in [0.717, 1.165) is 32.2 Å². The fraction of sp³-hybridized carbons (Fsp3) is 0.632. The van der Waals surface area contributed by atoms with Crippen molar-refractivity contribution in [3.63, 3.8) is 0 Å². The molecular weight excluding hydrogens is 330 g/mol. The van der Waals surface area contributed by atoms with Crippen molar-refractivity contribution >= 4 is 11.6 Å². The molecule has 140 valence electrons. The van der Waals surface area contributed by atoms with Crippen LogP contribution in [0, 0.1) is 0 Å². The molecule has 0 radical (unpaired) electrons. The summed E-state index contributed by atoms with van der Waals surface area (Å²) in [5.41, 5.74) is 0.432. The van der Waals surface area contributed by atoms with Gasteiger partial charge in [0.15, 0.2) is 5.65 Å². The predicted molar refractivity (Wildman–Crippen MR) is 99.1 cm³/mol. The van der Waals surface area contributed by atoms with E-state index in [2.05, 4.69) is 10.00 Å². The Bertz CT molecular complexity index is 813. The van der Waals surface area contributed by atoms with E-state index in [4.69, 9.17) is 0 Å². The first-order valence-electron chi connectivity index (χ1n) is 9.78. The number of piperazine rings is 1. The van der Waals surface area contributed by atoms with Gasteiger partial charge in [-0.05, 0) is 25.0 Å². The molecular formula is C19H27N5O2. The lowest BCUT2D eigenvalue weighted by Crippen LogP contribution is -2.52. The maximum absolute atomic E-state index is 12.5. The highest BCUT2D eigenvalue weighted by Crippen LogP contribution is 2.23. The lowest BCUT2D eigenvalue weighted by atomic mass is 9.94. The summed E-state index contributed by atoms with van der Waals surface area (Å²) in [4.78, 5) is 29.3. The third-order valence-electron chi connectivity index (χ3n) is 5.78. The average molecular weight is 357 g/mol. The number of aromatic nitrogens is 3.